The lowest BCUT2D eigenvalue weighted by Gasteiger charge is -2.41. The Bertz CT molecular complexity index is 1390. The lowest BCUT2D eigenvalue weighted by Crippen LogP contribution is -2.54. The Kier molecular flexibility index (Phi) is 15.0. The molecule has 0 aliphatic carbocycles. The number of amides is 2. The van der Waals surface area contributed by atoms with Gasteiger partial charge in [-0.25, -0.2) is 8.78 Å². The van der Waals surface area contributed by atoms with E-state index in [9.17, 15) is 23.5 Å². The van der Waals surface area contributed by atoms with E-state index in [0.29, 0.717) is 39.1 Å². The molecule has 0 spiro atoms. The van der Waals surface area contributed by atoms with Crippen molar-refractivity contribution >= 4 is 18.0 Å². The number of anilines is 1. The first kappa shape index (κ1) is 38.7. The van der Waals surface area contributed by atoms with Gasteiger partial charge in [0, 0.05) is 12.3 Å². The van der Waals surface area contributed by atoms with E-state index in [2.05, 4.69) is 29.6 Å². The van der Waals surface area contributed by atoms with Gasteiger partial charge in [0.1, 0.15) is 22.8 Å². The first-order valence-corrected chi connectivity index (χ1v) is 15.9. The second kappa shape index (κ2) is 18.7. The van der Waals surface area contributed by atoms with Crippen molar-refractivity contribution < 1.29 is 48.3 Å². The topological polar surface area (TPSA) is 149 Å². The smallest absolute Gasteiger partial charge is 0.230 e. The number of nitrogens with one attached hydrogen (secondary N) is 1. The molecule has 2 unspecified atom stereocenters. The fourth-order valence-electron chi connectivity index (χ4n) is 5.16. The molecule has 10 nitrogen and oxygen atoms in total. The molecule has 2 aliphatic rings. The van der Waals surface area contributed by atoms with E-state index in [1.54, 1.807) is 29.2 Å². The van der Waals surface area contributed by atoms with E-state index in [4.69, 9.17) is 24.8 Å². The third-order valence-corrected chi connectivity index (χ3v) is 8.38. The molecule has 3 aromatic carbocycles. The molecule has 2 aliphatic heterocycles. The summed E-state index contributed by atoms with van der Waals surface area (Å²) < 4.78 is 36.7. The summed E-state index contributed by atoms with van der Waals surface area (Å²) in [4.78, 5) is 23.7. The van der Waals surface area contributed by atoms with Crippen molar-refractivity contribution in [1.82, 2.24) is 5.32 Å². The molecular formula is C36H46F2N2O8. The van der Waals surface area contributed by atoms with Crippen LogP contribution in [0.4, 0.5) is 14.5 Å². The number of aliphatic hydroxyl groups is 4. The highest BCUT2D eigenvalue weighted by Crippen LogP contribution is 2.39. The van der Waals surface area contributed by atoms with Gasteiger partial charge in [-0.3, -0.25) is 9.59 Å². The zero-order valence-electron chi connectivity index (χ0n) is 27.4. The van der Waals surface area contributed by atoms with Gasteiger partial charge in [-0.05, 0) is 79.3 Å². The second-order valence-electron chi connectivity index (χ2n) is 11.8. The fourth-order valence-corrected chi connectivity index (χ4v) is 5.16. The minimum absolute atomic E-state index is 0.0202. The predicted octanol–water partition coefficient (Wildman–Crippen LogP) is 3.76. The second-order valence-corrected chi connectivity index (χ2v) is 11.8. The molecule has 5 N–H and O–H groups in total. The van der Waals surface area contributed by atoms with Crippen LogP contribution in [0.5, 0.6) is 0 Å². The Hall–Kier alpha value is -3.78. The normalized spacial score (nSPS) is 17.0. The van der Waals surface area contributed by atoms with Crippen LogP contribution >= 0.6 is 0 Å². The van der Waals surface area contributed by atoms with Crippen LogP contribution in [0.2, 0.25) is 0 Å². The minimum Gasteiger partial charge on any atom is -0.394 e. The number of halogens is 2. The number of aryl methyl sites for hydroxylation is 1. The maximum Gasteiger partial charge on any atom is 0.230 e. The van der Waals surface area contributed by atoms with Gasteiger partial charge in [-0.15, -0.1) is 0 Å². The van der Waals surface area contributed by atoms with Crippen molar-refractivity contribution in [3.63, 3.8) is 0 Å². The van der Waals surface area contributed by atoms with Crippen molar-refractivity contribution in [3.8, 4) is 0 Å². The lowest BCUT2D eigenvalue weighted by atomic mass is 9.90. The van der Waals surface area contributed by atoms with Crippen LogP contribution < -0.4 is 10.2 Å². The van der Waals surface area contributed by atoms with Crippen LogP contribution in [0.3, 0.4) is 0 Å². The number of nitrogens with zero attached hydrogens (tertiary/aromatic N) is 1. The number of β-lactam (4-membered cyclic amide) rings is 1. The Morgan fingerprint density at radius 2 is 1.52 bits per heavy atom. The summed E-state index contributed by atoms with van der Waals surface area (Å²) in [6, 6.07) is 20.4. The largest absolute Gasteiger partial charge is 0.394 e. The SMILES string of the molecule is CCC(O)c1ccc(F)cc1.CCOC1(CCc2ccc(C3CC(=O)N3c3ccc(F)cc3)cc2)COC1.O=CNC(CO)(CO)CO. The molecule has 3 aromatic rings. The number of carbonyl (C=O) groups is 2. The number of rotatable bonds is 14. The summed E-state index contributed by atoms with van der Waals surface area (Å²) in [5.74, 6) is -0.495. The quantitative estimate of drug-likeness (QED) is 0.129. The van der Waals surface area contributed by atoms with Gasteiger partial charge in [0.25, 0.3) is 0 Å². The van der Waals surface area contributed by atoms with E-state index in [-0.39, 0.29) is 29.2 Å². The average molecular weight is 673 g/mol. The Morgan fingerprint density at radius 1 is 0.958 bits per heavy atom. The summed E-state index contributed by atoms with van der Waals surface area (Å²) in [7, 11) is 0. The number of ether oxygens (including phenoxy) is 2. The summed E-state index contributed by atoms with van der Waals surface area (Å²) in [5.41, 5.74) is 2.48. The van der Waals surface area contributed by atoms with Gasteiger partial charge in [0.05, 0.1) is 51.6 Å². The van der Waals surface area contributed by atoms with Crippen molar-refractivity contribution in [1.29, 1.82) is 0 Å². The lowest BCUT2D eigenvalue weighted by molar-refractivity contribution is -0.210. The maximum atomic E-state index is 13.1. The van der Waals surface area contributed by atoms with E-state index in [1.165, 1.54) is 29.8 Å². The standard InChI is InChI=1S/C22H24FNO3.C9H11FO.C5H11NO4/c1-2-27-22(14-26-15-22)12-11-16-3-5-17(6-4-16)20-13-21(25)24(20)19-9-7-18(23)8-10-19;1-2-9(11)7-3-5-8(10)6-4-7;7-1-5(2-8,3-9)6-4-10/h3-10,20H,2,11-15H2,1H3;3-6,9,11H,2H2,1H3;4,7-9H,1-3H2,(H,6,10). The molecule has 0 saturated carbocycles. The van der Waals surface area contributed by atoms with E-state index in [1.807, 2.05) is 13.8 Å². The van der Waals surface area contributed by atoms with Crippen LogP contribution in [0.15, 0.2) is 72.8 Å². The van der Waals surface area contributed by atoms with Crippen molar-refractivity contribution in [2.75, 3.05) is 44.5 Å². The molecular weight excluding hydrogens is 626 g/mol. The Morgan fingerprint density at radius 3 is 1.94 bits per heavy atom. The third kappa shape index (κ3) is 10.4. The molecule has 0 radical (unpaired) electrons. The predicted molar refractivity (Wildman–Crippen MR) is 176 cm³/mol. The first-order valence-electron chi connectivity index (χ1n) is 15.9. The van der Waals surface area contributed by atoms with Crippen LogP contribution in [-0.4, -0.2) is 83.5 Å². The fraction of sp³-hybridized carbons (Fsp3) is 0.444. The third-order valence-electron chi connectivity index (χ3n) is 8.38. The number of benzene rings is 3. The van der Waals surface area contributed by atoms with E-state index < -0.39 is 31.5 Å². The molecule has 2 heterocycles. The number of hydrogen-bond acceptors (Lipinski definition) is 8. The van der Waals surface area contributed by atoms with Gasteiger partial charge in [0.2, 0.25) is 12.3 Å². The van der Waals surface area contributed by atoms with Gasteiger partial charge in [0.15, 0.2) is 0 Å². The van der Waals surface area contributed by atoms with Crippen LogP contribution in [0, 0.1) is 11.6 Å². The van der Waals surface area contributed by atoms with E-state index >= 15 is 0 Å². The van der Waals surface area contributed by atoms with Gasteiger partial charge in [-0.2, -0.15) is 0 Å². The molecule has 2 saturated heterocycles. The molecule has 262 valence electrons. The van der Waals surface area contributed by atoms with Crippen LogP contribution in [0.25, 0.3) is 0 Å². The summed E-state index contributed by atoms with van der Waals surface area (Å²) in [5, 5.41) is 37.1. The van der Waals surface area contributed by atoms with Crippen molar-refractivity contribution in [2.24, 2.45) is 0 Å². The highest BCUT2D eigenvalue weighted by molar-refractivity contribution is 6.01. The Labute approximate surface area is 279 Å². The first-order chi connectivity index (χ1) is 23.1. The monoisotopic (exact) mass is 672 g/mol. The number of carbonyl (C=O) groups excluding carboxylic acids is 2. The molecule has 2 atom stereocenters. The van der Waals surface area contributed by atoms with Gasteiger partial charge in [-0.1, -0.05) is 43.3 Å². The van der Waals surface area contributed by atoms with Crippen LogP contribution in [0.1, 0.15) is 61.9 Å². The van der Waals surface area contributed by atoms with Crippen molar-refractivity contribution in [3.05, 3.63) is 101 Å². The van der Waals surface area contributed by atoms with Crippen LogP contribution in [-0.2, 0) is 25.5 Å². The van der Waals surface area contributed by atoms with Gasteiger partial charge >= 0.3 is 0 Å². The van der Waals surface area contributed by atoms with Crippen molar-refractivity contribution in [2.45, 2.75) is 62.8 Å². The molecule has 0 aromatic heterocycles. The van der Waals surface area contributed by atoms with Gasteiger partial charge < -0.3 is 40.1 Å². The maximum absolute atomic E-state index is 13.1. The molecule has 48 heavy (non-hydrogen) atoms. The molecule has 2 fully saturated rings. The summed E-state index contributed by atoms with van der Waals surface area (Å²) in [6.07, 6.45) is 2.89. The highest BCUT2D eigenvalue weighted by atomic mass is 19.1. The summed E-state index contributed by atoms with van der Waals surface area (Å²) >= 11 is 0. The minimum atomic E-state index is -1.28. The molecule has 0 bridgehead atoms. The zero-order valence-corrected chi connectivity index (χ0v) is 27.4. The molecule has 5 rings (SSSR count). The number of hydrogen-bond donors (Lipinski definition) is 5. The molecule has 12 heteroatoms. The average Bonchev–Trinajstić information content (AvgIpc) is 3.09. The summed E-state index contributed by atoms with van der Waals surface area (Å²) in [6.45, 7) is 4.49. The Balaban J connectivity index is 0.000000245. The highest BCUT2D eigenvalue weighted by Gasteiger charge is 2.40. The zero-order chi connectivity index (χ0) is 35.2. The number of aliphatic hydroxyl groups excluding tert-OH is 4. The van der Waals surface area contributed by atoms with E-state index in [0.717, 1.165) is 29.7 Å². The molecule has 2 amide bonds.